The molecule has 2 N–H and O–H groups in total. The predicted molar refractivity (Wildman–Crippen MR) is 119 cm³/mol. The number of carboxylic acid groups (broad SMARTS) is 1. The third-order valence-electron chi connectivity index (χ3n) is 12.2. The molecule has 0 heterocycles. The Hall–Kier alpha value is -0.570. The van der Waals surface area contributed by atoms with E-state index in [0.29, 0.717) is 34.5 Å². The molecule has 5 saturated carbocycles. The van der Waals surface area contributed by atoms with Gasteiger partial charge in [-0.05, 0) is 115 Å². The van der Waals surface area contributed by atoms with Crippen LogP contribution in [-0.4, -0.2) is 22.3 Å². The molecule has 11 atom stereocenters. The van der Waals surface area contributed by atoms with Crippen molar-refractivity contribution in [2.45, 2.75) is 104 Å². The third kappa shape index (κ3) is 2.57. The first-order chi connectivity index (χ1) is 14.2. The van der Waals surface area contributed by atoms with Crippen molar-refractivity contribution in [1.29, 1.82) is 0 Å². The zero-order chi connectivity index (χ0) is 21.5. The number of aliphatic hydroxyl groups excluding tert-OH is 1. The molecule has 5 aliphatic rings. The van der Waals surface area contributed by atoms with Gasteiger partial charge in [-0.1, -0.05) is 34.1 Å². The Bertz CT molecular complexity index is 704. The van der Waals surface area contributed by atoms with Gasteiger partial charge in [0.2, 0.25) is 0 Å². The van der Waals surface area contributed by atoms with Gasteiger partial charge in [-0.25, -0.2) is 0 Å². The van der Waals surface area contributed by atoms with Crippen LogP contribution in [0.4, 0.5) is 0 Å². The normalized spacial score (nSPS) is 55.0. The highest BCUT2D eigenvalue weighted by atomic mass is 16.4. The number of carbonyl (C=O) groups is 1. The Morgan fingerprint density at radius 3 is 2.57 bits per heavy atom. The molecule has 5 fully saturated rings. The molecule has 0 aromatic carbocycles. The second-order valence-corrected chi connectivity index (χ2v) is 12.8. The first-order valence-electron chi connectivity index (χ1n) is 13.1. The van der Waals surface area contributed by atoms with Crippen molar-refractivity contribution < 1.29 is 15.0 Å². The quantitative estimate of drug-likeness (QED) is 0.565. The van der Waals surface area contributed by atoms with Crippen LogP contribution in [0.2, 0.25) is 0 Å². The molecule has 30 heavy (non-hydrogen) atoms. The molecule has 0 radical (unpaired) electrons. The van der Waals surface area contributed by atoms with Crippen LogP contribution in [0.3, 0.4) is 0 Å². The Morgan fingerprint density at radius 1 is 1.10 bits per heavy atom. The Labute approximate surface area is 183 Å². The van der Waals surface area contributed by atoms with E-state index in [1.807, 2.05) is 0 Å². The average molecular weight is 417 g/mol. The summed E-state index contributed by atoms with van der Waals surface area (Å²) in [6, 6.07) is 0. The minimum Gasteiger partial charge on any atom is -0.481 e. The topological polar surface area (TPSA) is 57.5 Å². The summed E-state index contributed by atoms with van der Waals surface area (Å²) in [6.07, 6.45) is 12.5. The van der Waals surface area contributed by atoms with E-state index in [-0.39, 0.29) is 6.10 Å². The van der Waals surface area contributed by atoms with E-state index in [4.69, 9.17) is 0 Å². The highest BCUT2D eigenvalue weighted by Crippen LogP contribution is 2.82. The van der Waals surface area contributed by atoms with Crippen LogP contribution in [0.25, 0.3) is 0 Å². The Morgan fingerprint density at radius 2 is 1.87 bits per heavy atom. The maximum Gasteiger partial charge on any atom is 0.303 e. The second-order valence-electron chi connectivity index (χ2n) is 12.8. The van der Waals surface area contributed by atoms with Crippen molar-refractivity contribution in [3.05, 3.63) is 0 Å². The van der Waals surface area contributed by atoms with Gasteiger partial charge in [-0.3, -0.25) is 4.79 Å². The number of aliphatic carboxylic acids is 1. The molecular weight excluding hydrogens is 372 g/mol. The van der Waals surface area contributed by atoms with Crippen LogP contribution in [0.1, 0.15) is 98.3 Å². The summed E-state index contributed by atoms with van der Waals surface area (Å²) in [5.74, 6) is 4.78. The van der Waals surface area contributed by atoms with E-state index in [2.05, 4.69) is 27.7 Å². The standard InChI is InChI=1S/C27H44O3/c1-5-18-19-15-27-13-10-20(16(2)6-7-23(29)30)26(27,4)12-9-21(24(19)27)25(3)11-8-17(28)14-22(18)25/h16-22,24,28H,5-15H2,1-4H3,(H,29,30)/t16?,17-,18+,19-,20?,21+,22+,24-,25-,26-,27-/m1/s1. The highest BCUT2D eigenvalue weighted by molar-refractivity contribution is 5.66. The molecular formula is C27H44O3. The van der Waals surface area contributed by atoms with Gasteiger partial charge in [0.25, 0.3) is 0 Å². The van der Waals surface area contributed by atoms with Crippen LogP contribution in [0, 0.1) is 57.7 Å². The lowest BCUT2D eigenvalue weighted by Crippen LogP contribution is -2.70. The highest BCUT2D eigenvalue weighted by Gasteiger charge is 2.76. The van der Waals surface area contributed by atoms with E-state index in [1.165, 1.54) is 44.9 Å². The molecule has 0 aromatic rings. The van der Waals surface area contributed by atoms with Crippen LogP contribution >= 0.6 is 0 Å². The van der Waals surface area contributed by atoms with Gasteiger partial charge in [0.15, 0.2) is 0 Å². The van der Waals surface area contributed by atoms with Crippen molar-refractivity contribution in [1.82, 2.24) is 0 Å². The summed E-state index contributed by atoms with van der Waals surface area (Å²) in [7, 11) is 0. The van der Waals surface area contributed by atoms with E-state index >= 15 is 0 Å². The zero-order valence-electron chi connectivity index (χ0n) is 19.7. The molecule has 0 bridgehead atoms. The lowest BCUT2D eigenvalue weighted by atomic mass is 9.28. The van der Waals surface area contributed by atoms with Gasteiger partial charge < -0.3 is 10.2 Å². The molecule has 5 rings (SSSR count). The summed E-state index contributed by atoms with van der Waals surface area (Å²) in [6.45, 7) is 9.98. The van der Waals surface area contributed by atoms with Gasteiger partial charge >= 0.3 is 5.97 Å². The van der Waals surface area contributed by atoms with Crippen molar-refractivity contribution in [3.63, 3.8) is 0 Å². The molecule has 0 aliphatic heterocycles. The number of rotatable bonds is 5. The fourth-order valence-corrected chi connectivity index (χ4v) is 10.9. The van der Waals surface area contributed by atoms with Gasteiger partial charge in [0, 0.05) is 6.42 Å². The van der Waals surface area contributed by atoms with Gasteiger partial charge in [-0.15, -0.1) is 0 Å². The molecule has 2 unspecified atom stereocenters. The van der Waals surface area contributed by atoms with Crippen LogP contribution in [0.5, 0.6) is 0 Å². The predicted octanol–water partition coefficient (Wildman–Crippen LogP) is 6.14. The van der Waals surface area contributed by atoms with Crippen LogP contribution in [-0.2, 0) is 4.79 Å². The van der Waals surface area contributed by atoms with Gasteiger partial charge in [0.05, 0.1) is 6.10 Å². The molecule has 0 amide bonds. The Balaban J connectivity index is 1.45. The molecule has 5 aliphatic carbocycles. The van der Waals surface area contributed by atoms with Crippen LogP contribution < -0.4 is 0 Å². The van der Waals surface area contributed by atoms with E-state index in [0.717, 1.165) is 48.9 Å². The Kier molecular flexibility index (Phi) is 4.94. The number of aliphatic hydroxyl groups is 1. The minimum absolute atomic E-state index is 0.0671. The van der Waals surface area contributed by atoms with Gasteiger partial charge in [0.1, 0.15) is 0 Å². The smallest absolute Gasteiger partial charge is 0.303 e. The molecule has 1 spiro atoms. The van der Waals surface area contributed by atoms with Crippen molar-refractivity contribution in [3.8, 4) is 0 Å². The van der Waals surface area contributed by atoms with Crippen molar-refractivity contribution >= 4 is 5.97 Å². The summed E-state index contributed by atoms with van der Waals surface area (Å²) in [5.41, 5.74) is 1.38. The number of carboxylic acids is 1. The number of hydrogen-bond acceptors (Lipinski definition) is 2. The number of hydrogen-bond donors (Lipinski definition) is 2. The third-order valence-corrected chi connectivity index (χ3v) is 12.2. The fourth-order valence-electron chi connectivity index (χ4n) is 10.9. The first-order valence-corrected chi connectivity index (χ1v) is 13.1. The van der Waals surface area contributed by atoms with Gasteiger partial charge in [-0.2, -0.15) is 0 Å². The SMILES string of the molecule is CC[C@H]1[C@H]2C[C@@]34CCC(C(C)CCC(=O)O)[C@@]3(C)CC[C@@H]([C@@H]24)[C@@]2(C)CC[C@@H](O)C[C@@H]12. The molecule has 3 heteroatoms. The summed E-state index contributed by atoms with van der Waals surface area (Å²) >= 11 is 0. The molecule has 3 nitrogen and oxygen atoms in total. The second kappa shape index (κ2) is 6.96. The fraction of sp³-hybridized carbons (Fsp3) is 0.963. The first kappa shape index (κ1) is 21.3. The van der Waals surface area contributed by atoms with Crippen LogP contribution in [0.15, 0.2) is 0 Å². The summed E-state index contributed by atoms with van der Waals surface area (Å²) in [5, 5.41) is 19.7. The minimum atomic E-state index is -0.636. The van der Waals surface area contributed by atoms with Crippen molar-refractivity contribution in [2.24, 2.45) is 57.7 Å². The molecule has 0 aromatic heterocycles. The average Bonchev–Trinajstić information content (AvgIpc) is 3.01. The zero-order valence-corrected chi connectivity index (χ0v) is 19.7. The monoisotopic (exact) mass is 416 g/mol. The maximum absolute atomic E-state index is 11.2. The summed E-state index contributed by atoms with van der Waals surface area (Å²) < 4.78 is 0. The number of fused-ring (bicyclic) bond motifs is 2. The summed E-state index contributed by atoms with van der Waals surface area (Å²) in [4.78, 5) is 11.2. The van der Waals surface area contributed by atoms with E-state index in [1.54, 1.807) is 0 Å². The lowest BCUT2D eigenvalue weighted by Gasteiger charge is -2.76. The van der Waals surface area contributed by atoms with E-state index in [9.17, 15) is 15.0 Å². The lowest BCUT2D eigenvalue weighted by molar-refractivity contribution is -0.283. The van der Waals surface area contributed by atoms with E-state index < -0.39 is 5.97 Å². The largest absolute Gasteiger partial charge is 0.481 e. The van der Waals surface area contributed by atoms with Crippen molar-refractivity contribution in [2.75, 3.05) is 0 Å². The molecule has 170 valence electrons. The maximum atomic E-state index is 11.2. The molecule has 0 saturated heterocycles.